The summed E-state index contributed by atoms with van der Waals surface area (Å²) in [7, 11) is -0.707. The number of fused-ring (bicyclic) bond motifs is 2. The van der Waals surface area contributed by atoms with Gasteiger partial charge in [-0.25, -0.2) is 14.4 Å². The Morgan fingerprint density at radius 3 is 2.27 bits per heavy atom. The normalized spacial score (nSPS) is 14.8. The molecule has 0 atom stereocenters. The number of alkyl halides is 3. The average molecular weight is 702 g/mol. The lowest BCUT2D eigenvalue weighted by Gasteiger charge is -2.38. The molecule has 1 aliphatic rings. The molecule has 4 aromatic rings. The van der Waals surface area contributed by atoms with E-state index >= 15 is 4.39 Å². The van der Waals surface area contributed by atoms with Crippen LogP contribution < -0.4 is 9.64 Å². The first kappa shape index (κ1) is 35.8. The van der Waals surface area contributed by atoms with E-state index in [1.807, 2.05) is 0 Å². The van der Waals surface area contributed by atoms with E-state index in [2.05, 4.69) is 68.0 Å². The minimum absolute atomic E-state index is 0.00921. The van der Waals surface area contributed by atoms with Gasteiger partial charge in [0.2, 0.25) is 5.28 Å². The second kappa shape index (κ2) is 14.1. The summed E-state index contributed by atoms with van der Waals surface area (Å²) in [5, 5.41) is 1.12. The molecule has 0 amide bonds. The fraction of sp³-hybridized carbons (Fsp3) is 0.486. The van der Waals surface area contributed by atoms with Gasteiger partial charge in [0.25, 0.3) is 0 Å². The highest BCUT2D eigenvalue weighted by Gasteiger charge is 2.42. The van der Waals surface area contributed by atoms with E-state index in [4.69, 9.17) is 26.1 Å². The third-order valence-electron chi connectivity index (χ3n) is 9.55. The molecule has 1 aliphatic heterocycles. The van der Waals surface area contributed by atoms with Gasteiger partial charge in [-0.05, 0) is 64.7 Å². The van der Waals surface area contributed by atoms with Crippen molar-refractivity contribution in [2.75, 3.05) is 31.9 Å². The Kier molecular flexibility index (Phi) is 10.5. The van der Waals surface area contributed by atoms with Gasteiger partial charge in [0, 0.05) is 31.1 Å². The third-order valence-corrected chi connectivity index (χ3v) is 16.0. The molecule has 13 heteroatoms. The Morgan fingerprint density at radius 1 is 1.00 bits per heavy atom. The van der Waals surface area contributed by atoms with Crippen molar-refractivity contribution in [3.05, 3.63) is 47.1 Å². The predicted molar refractivity (Wildman–Crippen MR) is 184 cm³/mol. The van der Waals surface area contributed by atoms with E-state index in [9.17, 15) is 13.2 Å². The average Bonchev–Trinajstić information content (AvgIpc) is 3.03. The molecule has 5 rings (SSSR count). The molecule has 2 aromatic heterocycles. The van der Waals surface area contributed by atoms with E-state index in [0.717, 1.165) is 0 Å². The highest BCUT2D eigenvalue weighted by molar-refractivity contribution is 6.90. The molecular formula is C35H40ClF4N5O2Si. The topological polar surface area (TPSA) is 73.3 Å². The van der Waals surface area contributed by atoms with Crippen LogP contribution >= 0.6 is 11.6 Å². The molecule has 256 valence electrons. The van der Waals surface area contributed by atoms with Crippen LogP contribution in [0.5, 0.6) is 5.75 Å². The van der Waals surface area contributed by atoms with Crippen LogP contribution in [0.4, 0.5) is 23.4 Å². The van der Waals surface area contributed by atoms with Crippen molar-refractivity contribution in [1.82, 2.24) is 19.9 Å². The number of benzene rings is 2. The summed E-state index contributed by atoms with van der Waals surface area (Å²) in [5.74, 6) is 2.28. The number of halogens is 5. The van der Waals surface area contributed by atoms with Gasteiger partial charge in [-0.15, -0.1) is 5.54 Å². The lowest BCUT2D eigenvalue weighted by Crippen LogP contribution is -2.43. The van der Waals surface area contributed by atoms with Crippen LogP contribution in [0.2, 0.25) is 21.9 Å². The van der Waals surface area contributed by atoms with Gasteiger partial charge in [0.05, 0.1) is 23.4 Å². The van der Waals surface area contributed by atoms with Crippen molar-refractivity contribution in [2.24, 2.45) is 5.92 Å². The number of piperidine rings is 1. The van der Waals surface area contributed by atoms with Crippen molar-refractivity contribution in [2.45, 2.75) is 77.2 Å². The van der Waals surface area contributed by atoms with Crippen LogP contribution in [0.3, 0.4) is 0 Å². The SMILES string of the molecule is COCOc1cc(-c2cnc3c(N4CCC(C(F)(F)F)CC4)nc(Cl)nc3n2)c2c(C#C[Si](C(C)C)(C(C)C)C(C)C)c(F)ccc2c1. The standard InChI is InChI=1S/C35H40ClF4N5O2Si/c1-20(2)48(21(3)4,22(5)6)15-12-26-28(37)9-8-23-16-25(47-19-46-7)17-27(30(23)26)29-18-41-31-32(42-29)43-34(36)44-33(31)45-13-10-24(11-14-45)35(38,39)40/h8-9,16-18,20-22,24H,10-11,13-14,19H2,1-7H3. The molecular weight excluding hydrogens is 662 g/mol. The number of ether oxygens (including phenoxy) is 2. The van der Waals surface area contributed by atoms with Crippen molar-refractivity contribution in [3.63, 3.8) is 0 Å². The van der Waals surface area contributed by atoms with Gasteiger partial charge in [0.1, 0.15) is 19.6 Å². The third kappa shape index (κ3) is 6.95. The van der Waals surface area contributed by atoms with Crippen molar-refractivity contribution in [3.8, 4) is 28.5 Å². The largest absolute Gasteiger partial charge is 0.468 e. The maximum absolute atomic E-state index is 15.9. The molecule has 0 N–H and O–H groups in total. The van der Waals surface area contributed by atoms with Gasteiger partial charge >= 0.3 is 6.18 Å². The minimum Gasteiger partial charge on any atom is -0.468 e. The maximum Gasteiger partial charge on any atom is 0.391 e. The molecule has 0 radical (unpaired) electrons. The van der Waals surface area contributed by atoms with E-state index in [-0.39, 0.29) is 49.2 Å². The van der Waals surface area contributed by atoms with Crippen molar-refractivity contribution < 1.29 is 27.0 Å². The zero-order valence-electron chi connectivity index (χ0n) is 28.2. The Balaban J connectivity index is 1.70. The minimum atomic E-state index is -4.25. The highest BCUT2D eigenvalue weighted by atomic mass is 35.5. The predicted octanol–water partition coefficient (Wildman–Crippen LogP) is 9.36. The van der Waals surface area contributed by atoms with E-state index in [1.165, 1.54) is 19.4 Å². The summed E-state index contributed by atoms with van der Waals surface area (Å²) in [5.41, 5.74) is 6.30. The number of methoxy groups -OCH3 is 1. The first-order valence-corrected chi connectivity index (χ1v) is 18.7. The summed E-state index contributed by atoms with van der Waals surface area (Å²) >= 11 is 6.33. The first-order valence-electron chi connectivity index (χ1n) is 16.1. The quantitative estimate of drug-likeness (QED) is 0.0596. The number of aromatic nitrogens is 4. The van der Waals surface area contributed by atoms with Crippen LogP contribution in [-0.4, -0.2) is 61.2 Å². The fourth-order valence-electron chi connectivity index (χ4n) is 7.19. The second-order valence-electron chi connectivity index (χ2n) is 13.2. The van der Waals surface area contributed by atoms with Crippen LogP contribution in [0.15, 0.2) is 30.5 Å². The van der Waals surface area contributed by atoms with Gasteiger partial charge in [0.15, 0.2) is 23.8 Å². The lowest BCUT2D eigenvalue weighted by molar-refractivity contribution is -0.179. The van der Waals surface area contributed by atoms with E-state index in [1.54, 1.807) is 23.1 Å². The molecule has 2 aromatic carbocycles. The first-order chi connectivity index (χ1) is 22.7. The second-order valence-corrected chi connectivity index (χ2v) is 19.2. The van der Waals surface area contributed by atoms with Crippen LogP contribution in [0, 0.1) is 23.2 Å². The van der Waals surface area contributed by atoms with Gasteiger partial charge in [-0.3, -0.25) is 0 Å². The zero-order chi connectivity index (χ0) is 35.0. The number of hydrogen-bond donors (Lipinski definition) is 0. The summed E-state index contributed by atoms with van der Waals surface area (Å²) in [6.07, 6.45) is -2.86. The summed E-state index contributed by atoms with van der Waals surface area (Å²) in [6.45, 7) is 13.5. The molecule has 0 aliphatic carbocycles. The Bertz CT molecular complexity index is 1850. The highest BCUT2D eigenvalue weighted by Crippen LogP contribution is 2.42. The van der Waals surface area contributed by atoms with E-state index < -0.39 is 26.0 Å². The van der Waals surface area contributed by atoms with E-state index in [0.29, 0.717) is 55.7 Å². The molecule has 1 fully saturated rings. The van der Waals surface area contributed by atoms with Crippen molar-refractivity contribution >= 4 is 47.4 Å². The van der Waals surface area contributed by atoms with Crippen LogP contribution in [-0.2, 0) is 4.74 Å². The van der Waals surface area contributed by atoms with Crippen LogP contribution in [0.1, 0.15) is 59.9 Å². The summed E-state index contributed by atoms with van der Waals surface area (Å²) in [4.78, 5) is 19.8. The van der Waals surface area contributed by atoms with Gasteiger partial charge in [-0.1, -0.05) is 53.5 Å². The summed E-state index contributed by atoms with van der Waals surface area (Å²) in [6, 6.07) is 6.63. The number of hydrogen-bond acceptors (Lipinski definition) is 7. The number of rotatable bonds is 8. The summed E-state index contributed by atoms with van der Waals surface area (Å²) < 4.78 is 66.8. The Labute approximate surface area is 284 Å². The molecule has 0 saturated carbocycles. The molecule has 3 heterocycles. The van der Waals surface area contributed by atoms with Crippen molar-refractivity contribution in [1.29, 1.82) is 0 Å². The smallest absolute Gasteiger partial charge is 0.391 e. The monoisotopic (exact) mass is 701 g/mol. The molecule has 0 bridgehead atoms. The fourth-order valence-corrected chi connectivity index (χ4v) is 12.6. The Morgan fingerprint density at radius 2 is 1.67 bits per heavy atom. The zero-order valence-corrected chi connectivity index (χ0v) is 29.9. The number of anilines is 1. The molecule has 1 saturated heterocycles. The Hall–Kier alpha value is -3.53. The molecule has 7 nitrogen and oxygen atoms in total. The van der Waals surface area contributed by atoms with Gasteiger partial charge in [-0.2, -0.15) is 23.1 Å². The molecule has 0 spiro atoms. The molecule has 0 unspecified atom stereocenters. The maximum atomic E-state index is 15.9. The lowest BCUT2D eigenvalue weighted by atomic mass is 9.96. The molecule has 48 heavy (non-hydrogen) atoms. The van der Waals surface area contributed by atoms with Crippen LogP contribution in [0.25, 0.3) is 33.2 Å². The number of nitrogens with zero attached hydrogens (tertiary/aromatic N) is 5. The van der Waals surface area contributed by atoms with Gasteiger partial charge < -0.3 is 14.4 Å².